The molecule has 2 aromatic carbocycles. The number of carbonyl (C=O) groups is 2. The minimum atomic E-state index is -4.05. The van der Waals surface area contributed by atoms with Gasteiger partial charge in [0.05, 0.1) is 17.1 Å². The molecule has 0 aliphatic heterocycles. The molecular weight excluding hydrogens is 466 g/mol. The summed E-state index contributed by atoms with van der Waals surface area (Å²) >= 11 is 0. The second-order valence-corrected chi connectivity index (χ2v) is 11.3. The van der Waals surface area contributed by atoms with E-state index in [0.717, 1.165) is 0 Å². The van der Waals surface area contributed by atoms with Gasteiger partial charge in [-0.15, -0.1) is 0 Å². The largest absolute Gasteiger partial charge is 0.444 e. The number of rotatable bonds is 6. The average Bonchev–Trinajstić information content (AvgIpc) is 3.22. The molecule has 0 bridgehead atoms. The first kappa shape index (κ1) is 26.0. The van der Waals surface area contributed by atoms with E-state index in [2.05, 4.69) is 0 Å². The monoisotopic (exact) mass is 497 g/mol. The first-order valence-corrected chi connectivity index (χ1v) is 12.5. The number of benzene rings is 2. The minimum Gasteiger partial charge on any atom is -0.444 e. The maximum absolute atomic E-state index is 13.7. The van der Waals surface area contributed by atoms with Gasteiger partial charge in [0.25, 0.3) is 15.9 Å². The highest BCUT2D eigenvalue weighted by Crippen LogP contribution is 2.28. The van der Waals surface area contributed by atoms with Crippen molar-refractivity contribution in [3.8, 4) is 11.3 Å². The number of amides is 2. The van der Waals surface area contributed by atoms with E-state index in [0.29, 0.717) is 16.8 Å². The van der Waals surface area contributed by atoms with Crippen molar-refractivity contribution < 1.29 is 22.7 Å². The molecule has 0 aliphatic rings. The molecule has 8 nitrogen and oxygen atoms in total. The van der Waals surface area contributed by atoms with Crippen LogP contribution in [0.15, 0.2) is 71.8 Å². The van der Waals surface area contributed by atoms with E-state index in [4.69, 9.17) is 4.74 Å². The van der Waals surface area contributed by atoms with Gasteiger partial charge in [-0.05, 0) is 56.2 Å². The maximum atomic E-state index is 13.7. The van der Waals surface area contributed by atoms with Gasteiger partial charge in [-0.1, -0.05) is 36.4 Å². The first-order valence-electron chi connectivity index (χ1n) is 11.1. The van der Waals surface area contributed by atoms with Crippen molar-refractivity contribution in [2.24, 2.45) is 0 Å². The topological polar surface area (TPSA) is 88.9 Å². The fourth-order valence-electron chi connectivity index (χ4n) is 3.44. The van der Waals surface area contributed by atoms with E-state index in [-0.39, 0.29) is 22.9 Å². The normalized spacial score (nSPS) is 11.7. The van der Waals surface area contributed by atoms with Gasteiger partial charge in [0.1, 0.15) is 5.60 Å². The third-order valence-electron chi connectivity index (χ3n) is 5.08. The second-order valence-electron chi connectivity index (χ2n) is 9.46. The third-order valence-corrected chi connectivity index (χ3v) is 6.75. The molecule has 0 unspecified atom stereocenters. The lowest BCUT2D eigenvalue weighted by Crippen LogP contribution is -2.33. The molecule has 3 rings (SSSR count). The van der Waals surface area contributed by atoms with Crippen molar-refractivity contribution in [1.29, 1.82) is 0 Å². The quantitative estimate of drug-likeness (QED) is 0.502. The predicted molar refractivity (Wildman–Crippen MR) is 135 cm³/mol. The summed E-state index contributed by atoms with van der Waals surface area (Å²) in [5.74, 6) is -0.294. The smallest absolute Gasteiger partial charge is 0.410 e. The van der Waals surface area contributed by atoms with Gasteiger partial charge < -0.3 is 14.5 Å². The summed E-state index contributed by atoms with van der Waals surface area (Å²) in [4.78, 5) is 27.6. The molecule has 0 radical (unpaired) electrons. The van der Waals surface area contributed by atoms with Crippen LogP contribution < -0.4 is 0 Å². The Morgan fingerprint density at radius 1 is 0.943 bits per heavy atom. The molecule has 1 aromatic heterocycles. The van der Waals surface area contributed by atoms with Crippen LogP contribution in [-0.4, -0.2) is 60.9 Å². The molecule has 1 heterocycles. The van der Waals surface area contributed by atoms with Gasteiger partial charge in [-0.3, -0.25) is 4.79 Å². The zero-order valence-corrected chi connectivity index (χ0v) is 21.7. The minimum absolute atomic E-state index is 0.00923. The van der Waals surface area contributed by atoms with Crippen molar-refractivity contribution >= 4 is 22.0 Å². The summed E-state index contributed by atoms with van der Waals surface area (Å²) in [6.07, 6.45) is 0.989. The number of aromatic nitrogens is 1. The zero-order valence-electron chi connectivity index (χ0n) is 20.8. The van der Waals surface area contributed by atoms with Gasteiger partial charge in [0.2, 0.25) is 0 Å². The van der Waals surface area contributed by atoms with Crippen molar-refractivity contribution in [2.75, 3.05) is 21.1 Å². The van der Waals surface area contributed by atoms with E-state index in [9.17, 15) is 18.0 Å². The van der Waals surface area contributed by atoms with Gasteiger partial charge in [0, 0.05) is 32.9 Å². The number of carbonyl (C=O) groups excluding carboxylic acids is 2. The van der Waals surface area contributed by atoms with Crippen LogP contribution in [-0.2, 0) is 21.3 Å². The molecule has 9 heteroatoms. The standard InChI is InChI=1S/C26H31N3O5S/c1-26(2,3)34-25(31)28(6)17-19-15-23(20-11-8-7-9-12-20)29(18-19)35(32,33)22-14-10-13-21(16-22)24(30)27(4)5/h7-16,18H,17H2,1-6H3. The van der Waals surface area contributed by atoms with Crippen molar-refractivity contribution in [2.45, 2.75) is 37.8 Å². The summed E-state index contributed by atoms with van der Waals surface area (Å²) < 4.78 is 34.1. The first-order chi connectivity index (χ1) is 16.3. The van der Waals surface area contributed by atoms with Crippen LogP contribution in [0.4, 0.5) is 4.79 Å². The Morgan fingerprint density at radius 2 is 1.60 bits per heavy atom. The van der Waals surface area contributed by atoms with Gasteiger partial charge >= 0.3 is 6.09 Å². The lowest BCUT2D eigenvalue weighted by molar-refractivity contribution is 0.0285. The van der Waals surface area contributed by atoms with Gasteiger partial charge in [-0.25, -0.2) is 17.2 Å². The van der Waals surface area contributed by atoms with Gasteiger partial charge in [-0.2, -0.15) is 0 Å². The molecule has 35 heavy (non-hydrogen) atoms. The number of ether oxygens (including phenoxy) is 1. The summed E-state index contributed by atoms with van der Waals surface area (Å²) in [5.41, 5.74) is 1.38. The van der Waals surface area contributed by atoms with Crippen LogP contribution in [0.3, 0.4) is 0 Å². The summed E-state index contributed by atoms with van der Waals surface area (Å²) in [6, 6.07) is 16.8. The SMILES string of the molecule is CN(C)C(=O)c1cccc(S(=O)(=O)n2cc(CN(C)C(=O)OC(C)(C)C)cc2-c2ccccc2)c1. The van der Waals surface area contributed by atoms with Crippen LogP contribution in [0.2, 0.25) is 0 Å². The molecule has 0 N–H and O–H groups in total. The third kappa shape index (κ3) is 6.10. The summed E-state index contributed by atoms with van der Waals surface area (Å²) in [7, 11) is 0.758. The van der Waals surface area contributed by atoms with Crippen LogP contribution >= 0.6 is 0 Å². The van der Waals surface area contributed by atoms with E-state index >= 15 is 0 Å². The molecule has 0 aliphatic carbocycles. The van der Waals surface area contributed by atoms with Crippen molar-refractivity contribution in [1.82, 2.24) is 13.8 Å². The number of hydrogen-bond donors (Lipinski definition) is 0. The van der Waals surface area contributed by atoms with E-state index in [1.807, 2.05) is 30.3 Å². The molecule has 0 saturated carbocycles. The molecule has 3 aromatic rings. The Kier molecular flexibility index (Phi) is 7.40. The Hall–Kier alpha value is -3.59. The molecule has 186 valence electrons. The molecule has 2 amide bonds. The van der Waals surface area contributed by atoms with Crippen LogP contribution in [0.1, 0.15) is 36.7 Å². The molecular formula is C26H31N3O5S. The average molecular weight is 498 g/mol. The van der Waals surface area contributed by atoms with Crippen molar-refractivity contribution in [3.63, 3.8) is 0 Å². The Labute approximate surface area is 206 Å². The van der Waals surface area contributed by atoms with E-state index in [1.54, 1.807) is 60.1 Å². The number of nitrogens with zero attached hydrogens (tertiary/aromatic N) is 3. The maximum Gasteiger partial charge on any atom is 0.410 e. The summed E-state index contributed by atoms with van der Waals surface area (Å²) in [6.45, 7) is 5.50. The molecule has 0 fully saturated rings. The molecule has 0 spiro atoms. The summed E-state index contributed by atoms with van der Waals surface area (Å²) in [5, 5.41) is 0. The Morgan fingerprint density at radius 3 is 2.20 bits per heavy atom. The highest BCUT2D eigenvalue weighted by Gasteiger charge is 2.25. The van der Waals surface area contributed by atoms with Crippen LogP contribution in [0.25, 0.3) is 11.3 Å². The zero-order chi connectivity index (χ0) is 26.0. The van der Waals surface area contributed by atoms with E-state index in [1.165, 1.54) is 32.1 Å². The number of hydrogen-bond acceptors (Lipinski definition) is 5. The molecule has 0 saturated heterocycles. The molecule has 0 atom stereocenters. The second kappa shape index (κ2) is 9.95. The highest BCUT2D eigenvalue weighted by molar-refractivity contribution is 7.90. The fourth-order valence-corrected chi connectivity index (χ4v) is 4.89. The predicted octanol–water partition coefficient (Wildman–Crippen LogP) is 4.46. The highest BCUT2D eigenvalue weighted by atomic mass is 32.2. The fraction of sp³-hybridized carbons (Fsp3) is 0.308. The van der Waals surface area contributed by atoms with Crippen molar-refractivity contribution in [3.05, 3.63) is 78.0 Å². The lowest BCUT2D eigenvalue weighted by Gasteiger charge is -2.24. The Balaban J connectivity index is 2.05. The van der Waals surface area contributed by atoms with Crippen LogP contribution in [0, 0.1) is 0 Å². The van der Waals surface area contributed by atoms with Crippen LogP contribution in [0.5, 0.6) is 0 Å². The Bertz CT molecular complexity index is 1320. The lowest BCUT2D eigenvalue weighted by atomic mass is 10.1. The van der Waals surface area contributed by atoms with Gasteiger partial charge in [0.15, 0.2) is 0 Å². The van der Waals surface area contributed by atoms with E-state index < -0.39 is 21.7 Å².